The first-order valence-electron chi connectivity index (χ1n) is 5.69. The van der Waals surface area contributed by atoms with Gasteiger partial charge < -0.3 is 9.26 Å². The molecule has 98 valence electrons. The molecule has 0 saturated carbocycles. The lowest BCUT2D eigenvalue weighted by atomic mass is 10.3. The Morgan fingerprint density at radius 1 is 1.53 bits per heavy atom. The first-order chi connectivity index (χ1) is 7.91. The van der Waals surface area contributed by atoms with Crippen LogP contribution < -0.4 is 0 Å². The lowest BCUT2D eigenvalue weighted by Crippen LogP contribution is -2.16. The van der Waals surface area contributed by atoms with Crippen LogP contribution in [-0.2, 0) is 18.6 Å². The van der Waals surface area contributed by atoms with Crippen LogP contribution in [0.1, 0.15) is 33.1 Å². The molecule has 0 aliphatic carbocycles. The van der Waals surface area contributed by atoms with Crippen LogP contribution in [0.2, 0.25) is 0 Å². The van der Waals surface area contributed by atoms with Gasteiger partial charge in [0, 0.05) is 26.2 Å². The molecule has 17 heavy (non-hydrogen) atoms. The predicted octanol–water partition coefficient (Wildman–Crippen LogP) is 2.56. The van der Waals surface area contributed by atoms with Crippen molar-refractivity contribution in [2.75, 3.05) is 19.4 Å². The van der Waals surface area contributed by atoms with E-state index in [0.717, 1.165) is 12.8 Å². The normalized spacial score (nSPS) is 15.6. The van der Waals surface area contributed by atoms with Gasteiger partial charge in [0.1, 0.15) is 6.07 Å². The number of carbonyl (C=O) groups is 1. The molecule has 0 rings (SSSR count). The van der Waals surface area contributed by atoms with Crippen molar-refractivity contribution >= 4 is 13.3 Å². The van der Waals surface area contributed by atoms with E-state index in [-0.39, 0.29) is 12.6 Å². The van der Waals surface area contributed by atoms with Gasteiger partial charge in [-0.1, -0.05) is 13.3 Å². The fraction of sp³-hybridized carbons (Fsp3) is 0.818. The molecule has 0 aromatic heterocycles. The summed E-state index contributed by atoms with van der Waals surface area (Å²) in [6.45, 7) is 5.28. The van der Waals surface area contributed by atoms with Crippen LogP contribution in [0.25, 0.3) is 0 Å². The van der Waals surface area contributed by atoms with Crippen molar-refractivity contribution in [3.63, 3.8) is 0 Å². The van der Waals surface area contributed by atoms with E-state index in [9.17, 15) is 9.36 Å². The van der Waals surface area contributed by atoms with E-state index in [1.807, 2.05) is 13.0 Å². The summed E-state index contributed by atoms with van der Waals surface area (Å²) in [6.07, 6.45) is 1.51. The topological polar surface area (TPSA) is 76.4 Å². The fourth-order valence-electron chi connectivity index (χ4n) is 1.17. The Hall–Kier alpha value is -0.850. The smallest absolute Gasteiger partial charge is 0.303 e. The molecule has 0 bridgehead atoms. The zero-order valence-electron chi connectivity index (χ0n) is 10.6. The number of carbonyl (C=O) groups excluding carboxylic acids is 1. The second kappa shape index (κ2) is 8.27. The van der Waals surface area contributed by atoms with E-state index < -0.39 is 19.4 Å². The summed E-state index contributed by atoms with van der Waals surface area (Å²) >= 11 is 0. The summed E-state index contributed by atoms with van der Waals surface area (Å²) in [5.74, 6) is -0.505. The van der Waals surface area contributed by atoms with Gasteiger partial charge in [0.25, 0.3) is 0 Å². The Balaban J connectivity index is 4.02. The maximum Gasteiger partial charge on any atom is 0.303 e. The van der Waals surface area contributed by atoms with Gasteiger partial charge in [-0.2, -0.15) is 5.26 Å². The molecule has 0 aliphatic heterocycles. The Labute approximate surface area is 103 Å². The standard InChI is InChI=1S/C11H20NO4P/c1-4-5-7-15-17(3,14)8-6-11(9-12)16-10(2)13/h11H,4-8H2,1-3H3. The Morgan fingerprint density at radius 3 is 2.65 bits per heavy atom. The highest BCUT2D eigenvalue weighted by molar-refractivity contribution is 7.58. The van der Waals surface area contributed by atoms with Gasteiger partial charge in [0.05, 0.1) is 6.61 Å². The summed E-state index contributed by atoms with van der Waals surface area (Å²) in [7, 11) is -2.68. The molecule has 0 aromatic carbocycles. The average Bonchev–Trinajstić information content (AvgIpc) is 2.24. The number of nitrogens with zero attached hydrogens (tertiary/aromatic N) is 1. The molecule has 0 N–H and O–H groups in total. The summed E-state index contributed by atoms with van der Waals surface area (Å²) in [4.78, 5) is 10.7. The third-order valence-electron chi connectivity index (χ3n) is 2.11. The molecule has 0 heterocycles. The van der Waals surface area contributed by atoms with Crippen molar-refractivity contribution in [3.8, 4) is 6.07 Å². The summed E-state index contributed by atoms with van der Waals surface area (Å²) in [5.41, 5.74) is 0. The molecule has 0 saturated heterocycles. The minimum Gasteiger partial charge on any atom is -0.447 e. The molecule has 0 spiro atoms. The van der Waals surface area contributed by atoms with E-state index in [4.69, 9.17) is 14.5 Å². The van der Waals surface area contributed by atoms with E-state index in [1.54, 1.807) is 6.66 Å². The zero-order chi connectivity index (χ0) is 13.3. The molecule has 5 nitrogen and oxygen atoms in total. The lowest BCUT2D eigenvalue weighted by Gasteiger charge is -2.15. The number of hydrogen-bond acceptors (Lipinski definition) is 5. The summed E-state index contributed by atoms with van der Waals surface area (Å²) in [6, 6.07) is 1.85. The SMILES string of the molecule is CCCCOP(C)(=O)CCC(C#N)OC(C)=O. The molecule has 0 aromatic rings. The van der Waals surface area contributed by atoms with E-state index in [0.29, 0.717) is 6.61 Å². The monoisotopic (exact) mass is 261 g/mol. The summed E-state index contributed by atoms with van der Waals surface area (Å²) < 4.78 is 21.9. The molecule has 0 amide bonds. The number of unbranched alkanes of at least 4 members (excludes halogenated alkanes) is 1. The van der Waals surface area contributed by atoms with E-state index in [1.165, 1.54) is 6.92 Å². The molecule has 2 unspecified atom stereocenters. The molecular formula is C11H20NO4P. The second-order valence-corrected chi connectivity index (χ2v) is 6.67. The van der Waals surface area contributed by atoms with Crippen molar-refractivity contribution in [3.05, 3.63) is 0 Å². The van der Waals surface area contributed by atoms with Crippen LogP contribution in [-0.4, -0.2) is 31.5 Å². The van der Waals surface area contributed by atoms with Gasteiger partial charge >= 0.3 is 5.97 Å². The zero-order valence-corrected chi connectivity index (χ0v) is 11.5. The van der Waals surface area contributed by atoms with Gasteiger partial charge in [-0.05, 0) is 6.42 Å². The van der Waals surface area contributed by atoms with Crippen molar-refractivity contribution in [1.29, 1.82) is 5.26 Å². The van der Waals surface area contributed by atoms with Gasteiger partial charge in [-0.15, -0.1) is 0 Å². The minimum atomic E-state index is -2.68. The van der Waals surface area contributed by atoms with Crippen LogP contribution in [0.4, 0.5) is 0 Å². The van der Waals surface area contributed by atoms with Crippen LogP contribution in [0.15, 0.2) is 0 Å². The first-order valence-corrected chi connectivity index (χ1v) is 7.95. The molecule has 2 atom stereocenters. The molecule has 0 radical (unpaired) electrons. The fourth-order valence-corrected chi connectivity index (χ4v) is 2.52. The van der Waals surface area contributed by atoms with Gasteiger partial charge in [-0.3, -0.25) is 9.36 Å². The average molecular weight is 261 g/mol. The van der Waals surface area contributed by atoms with Crippen molar-refractivity contribution < 1.29 is 18.6 Å². The third-order valence-corrected chi connectivity index (χ3v) is 3.91. The number of nitriles is 1. The van der Waals surface area contributed by atoms with E-state index >= 15 is 0 Å². The Bertz CT molecular complexity index is 324. The Kier molecular flexibility index (Phi) is 7.86. The minimum absolute atomic E-state index is 0.246. The van der Waals surface area contributed by atoms with Gasteiger partial charge in [0.2, 0.25) is 0 Å². The lowest BCUT2D eigenvalue weighted by molar-refractivity contribution is -0.143. The second-order valence-electron chi connectivity index (χ2n) is 3.94. The quantitative estimate of drug-likeness (QED) is 0.381. The largest absolute Gasteiger partial charge is 0.447 e. The number of esters is 1. The van der Waals surface area contributed by atoms with Crippen LogP contribution in [0.3, 0.4) is 0 Å². The molecular weight excluding hydrogens is 241 g/mol. The van der Waals surface area contributed by atoms with Crippen molar-refractivity contribution in [1.82, 2.24) is 0 Å². The summed E-state index contributed by atoms with van der Waals surface area (Å²) in [5, 5.41) is 8.73. The first kappa shape index (κ1) is 16.1. The molecule has 0 aliphatic rings. The van der Waals surface area contributed by atoms with Crippen LogP contribution in [0, 0.1) is 11.3 Å². The number of ether oxygens (including phenoxy) is 1. The molecule has 6 heteroatoms. The van der Waals surface area contributed by atoms with Gasteiger partial charge in [0.15, 0.2) is 13.5 Å². The Morgan fingerprint density at radius 2 is 2.18 bits per heavy atom. The van der Waals surface area contributed by atoms with E-state index in [2.05, 4.69) is 0 Å². The van der Waals surface area contributed by atoms with Crippen LogP contribution in [0.5, 0.6) is 0 Å². The van der Waals surface area contributed by atoms with Crippen molar-refractivity contribution in [2.24, 2.45) is 0 Å². The highest BCUT2D eigenvalue weighted by atomic mass is 31.2. The maximum atomic E-state index is 11.9. The predicted molar refractivity (Wildman–Crippen MR) is 65.0 cm³/mol. The van der Waals surface area contributed by atoms with Crippen molar-refractivity contribution in [2.45, 2.75) is 39.2 Å². The number of hydrogen-bond donors (Lipinski definition) is 0. The van der Waals surface area contributed by atoms with Gasteiger partial charge in [-0.25, -0.2) is 0 Å². The highest BCUT2D eigenvalue weighted by Gasteiger charge is 2.20. The number of rotatable bonds is 8. The molecule has 0 fully saturated rings. The highest BCUT2D eigenvalue weighted by Crippen LogP contribution is 2.43. The van der Waals surface area contributed by atoms with Crippen LogP contribution >= 0.6 is 7.37 Å². The third kappa shape index (κ3) is 8.91. The maximum absolute atomic E-state index is 11.9.